The maximum atomic E-state index is 4.35. The summed E-state index contributed by atoms with van der Waals surface area (Å²) in [5.41, 5.74) is 0.314. The molecule has 96 valence electrons. The van der Waals surface area contributed by atoms with E-state index >= 15 is 0 Å². The van der Waals surface area contributed by atoms with E-state index in [-0.39, 0.29) is 0 Å². The van der Waals surface area contributed by atoms with E-state index in [2.05, 4.69) is 36.2 Å². The molecule has 1 heterocycles. The Kier molecular flexibility index (Phi) is 3.82. The number of nitrogens with one attached hydrogen (secondary N) is 1. The Labute approximate surface area is 104 Å². The number of hydrogen-bond donors (Lipinski definition) is 1. The fourth-order valence-electron chi connectivity index (χ4n) is 2.55. The molecule has 1 aliphatic carbocycles. The van der Waals surface area contributed by atoms with Crippen molar-refractivity contribution in [1.82, 2.24) is 20.1 Å². The maximum Gasteiger partial charge on any atom is 0.140 e. The lowest BCUT2D eigenvalue weighted by Crippen LogP contribution is -2.39. The third kappa shape index (κ3) is 3.28. The van der Waals surface area contributed by atoms with Crippen molar-refractivity contribution in [3.63, 3.8) is 0 Å². The number of aromatic nitrogens is 3. The first-order chi connectivity index (χ1) is 8.09. The normalized spacial score (nSPS) is 19.1. The SMILES string of the molecule is CC(C)Cn1ncnc1CNC1(C)CCCC1. The molecule has 4 heteroatoms. The Bertz CT molecular complexity index is 350. The van der Waals surface area contributed by atoms with Crippen LogP contribution in [0.2, 0.25) is 0 Å². The number of rotatable bonds is 5. The largest absolute Gasteiger partial charge is 0.305 e. The lowest BCUT2D eigenvalue weighted by atomic mass is 10.0. The molecule has 0 saturated heterocycles. The first-order valence-electron chi connectivity index (χ1n) is 6.71. The monoisotopic (exact) mass is 236 g/mol. The van der Waals surface area contributed by atoms with Crippen LogP contribution >= 0.6 is 0 Å². The zero-order valence-electron chi connectivity index (χ0n) is 11.2. The van der Waals surface area contributed by atoms with Crippen LogP contribution in [0.15, 0.2) is 6.33 Å². The van der Waals surface area contributed by atoms with Crippen LogP contribution in [-0.4, -0.2) is 20.3 Å². The fourth-order valence-corrected chi connectivity index (χ4v) is 2.55. The second-order valence-corrected chi connectivity index (χ2v) is 5.87. The van der Waals surface area contributed by atoms with Gasteiger partial charge in [0, 0.05) is 12.1 Å². The molecule has 1 fully saturated rings. The topological polar surface area (TPSA) is 42.7 Å². The van der Waals surface area contributed by atoms with Gasteiger partial charge in [-0.15, -0.1) is 0 Å². The van der Waals surface area contributed by atoms with Crippen molar-refractivity contribution in [2.24, 2.45) is 5.92 Å². The molecule has 1 aliphatic rings. The average Bonchev–Trinajstić information content (AvgIpc) is 2.85. The Morgan fingerprint density at radius 1 is 1.41 bits per heavy atom. The summed E-state index contributed by atoms with van der Waals surface area (Å²) in [6.07, 6.45) is 6.93. The van der Waals surface area contributed by atoms with E-state index in [1.807, 2.05) is 4.68 Å². The van der Waals surface area contributed by atoms with Crippen LogP contribution in [0, 0.1) is 5.92 Å². The summed E-state index contributed by atoms with van der Waals surface area (Å²) in [6.45, 7) is 8.52. The van der Waals surface area contributed by atoms with Crippen LogP contribution in [-0.2, 0) is 13.1 Å². The molecule has 1 aromatic heterocycles. The zero-order valence-corrected chi connectivity index (χ0v) is 11.2. The Balaban J connectivity index is 1.92. The average molecular weight is 236 g/mol. The Morgan fingerprint density at radius 2 is 2.12 bits per heavy atom. The van der Waals surface area contributed by atoms with Crippen molar-refractivity contribution in [3.05, 3.63) is 12.2 Å². The molecule has 1 saturated carbocycles. The minimum atomic E-state index is 0.314. The van der Waals surface area contributed by atoms with Gasteiger partial charge in [-0.2, -0.15) is 5.10 Å². The standard InChI is InChI=1S/C13H24N4/c1-11(2)9-17-12(14-10-16-17)8-15-13(3)6-4-5-7-13/h10-11,15H,4-9H2,1-3H3. The van der Waals surface area contributed by atoms with Crippen LogP contribution in [0.3, 0.4) is 0 Å². The van der Waals surface area contributed by atoms with Gasteiger partial charge in [0.2, 0.25) is 0 Å². The lowest BCUT2D eigenvalue weighted by molar-refractivity contribution is 0.349. The fraction of sp³-hybridized carbons (Fsp3) is 0.846. The van der Waals surface area contributed by atoms with Gasteiger partial charge in [-0.25, -0.2) is 9.67 Å². The molecule has 2 rings (SSSR count). The van der Waals surface area contributed by atoms with Crippen molar-refractivity contribution in [2.75, 3.05) is 0 Å². The summed E-state index contributed by atoms with van der Waals surface area (Å²) >= 11 is 0. The van der Waals surface area contributed by atoms with E-state index in [0.717, 1.165) is 18.9 Å². The highest BCUT2D eigenvalue weighted by Gasteiger charge is 2.28. The van der Waals surface area contributed by atoms with Gasteiger partial charge in [-0.3, -0.25) is 0 Å². The quantitative estimate of drug-likeness (QED) is 0.853. The molecule has 1 N–H and O–H groups in total. The van der Waals surface area contributed by atoms with Crippen molar-refractivity contribution >= 4 is 0 Å². The smallest absolute Gasteiger partial charge is 0.140 e. The van der Waals surface area contributed by atoms with Crippen LogP contribution in [0.5, 0.6) is 0 Å². The van der Waals surface area contributed by atoms with Crippen LogP contribution in [0.4, 0.5) is 0 Å². The molecule has 0 amide bonds. The third-order valence-corrected chi connectivity index (χ3v) is 3.61. The predicted octanol–water partition coefficient (Wildman–Crippen LogP) is 2.36. The second-order valence-electron chi connectivity index (χ2n) is 5.87. The molecule has 0 radical (unpaired) electrons. The van der Waals surface area contributed by atoms with Crippen LogP contribution in [0.25, 0.3) is 0 Å². The van der Waals surface area contributed by atoms with E-state index in [4.69, 9.17) is 0 Å². The molecular formula is C13H24N4. The Hall–Kier alpha value is -0.900. The number of nitrogens with zero attached hydrogens (tertiary/aromatic N) is 3. The van der Waals surface area contributed by atoms with Gasteiger partial charge in [0.15, 0.2) is 0 Å². The molecule has 0 unspecified atom stereocenters. The summed E-state index contributed by atoms with van der Waals surface area (Å²) in [5, 5.41) is 7.94. The molecule has 0 spiro atoms. The highest BCUT2D eigenvalue weighted by atomic mass is 15.3. The highest BCUT2D eigenvalue weighted by molar-refractivity contribution is 4.92. The summed E-state index contributed by atoms with van der Waals surface area (Å²) in [7, 11) is 0. The van der Waals surface area contributed by atoms with E-state index in [0.29, 0.717) is 11.5 Å². The van der Waals surface area contributed by atoms with E-state index in [1.165, 1.54) is 25.7 Å². The molecule has 1 aromatic rings. The van der Waals surface area contributed by atoms with Crippen molar-refractivity contribution in [1.29, 1.82) is 0 Å². The van der Waals surface area contributed by atoms with E-state index in [9.17, 15) is 0 Å². The first kappa shape index (κ1) is 12.6. The van der Waals surface area contributed by atoms with Gasteiger partial charge < -0.3 is 5.32 Å². The molecule has 4 nitrogen and oxygen atoms in total. The van der Waals surface area contributed by atoms with Gasteiger partial charge in [-0.1, -0.05) is 26.7 Å². The molecule has 0 aromatic carbocycles. The third-order valence-electron chi connectivity index (χ3n) is 3.61. The van der Waals surface area contributed by atoms with E-state index < -0.39 is 0 Å². The molecule has 0 bridgehead atoms. The molecule has 0 aliphatic heterocycles. The maximum absolute atomic E-state index is 4.35. The molecule has 17 heavy (non-hydrogen) atoms. The van der Waals surface area contributed by atoms with Crippen LogP contribution in [0.1, 0.15) is 52.3 Å². The van der Waals surface area contributed by atoms with Gasteiger partial charge in [0.05, 0.1) is 6.54 Å². The first-order valence-corrected chi connectivity index (χ1v) is 6.71. The Morgan fingerprint density at radius 3 is 2.76 bits per heavy atom. The summed E-state index contributed by atoms with van der Waals surface area (Å²) in [6, 6.07) is 0. The predicted molar refractivity (Wildman–Crippen MR) is 68.6 cm³/mol. The molecular weight excluding hydrogens is 212 g/mol. The van der Waals surface area contributed by atoms with Crippen molar-refractivity contribution in [3.8, 4) is 0 Å². The minimum Gasteiger partial charge on any atom is -0.305 e. The van der Waals surface area contributed by atoms with Gasteiger partial charge in [0.25, 0.3) is 0 Å². The van der Waals surface area contributed by atoms with E-state index in [1.54, 1.807) is 6.33 Å². The minimum absolute atomic E-state index is 0.314. The number of hydrogen-bond acceptors (Lipinski definition) is 3. The summed E-state index contributed by atoms with van der Waals surface area (Å²) in [5.74, 6) is 1.67. The summed E-state index contributed by atoms with van der Waals surface area (Å²) < 4.78 is 2.02. The van der Waals surface area contributed by atoms with Crippen molar-refractivity contribution < 1.29 is 0 Å². The highest BCUT2D eigenvalue weighted by Crippen LogP contribution is 2.28. The zero-order chi connectivity index (χ0) is 12.3. The molecule has 0 atom stereocenters. The summed E-state index contributed by atoms with van der Waals surface area (Å²) in [4.78, 5) is 4.35. The van der Waals surface area contributed by atoms with Crippen molar-refractivity contribution in [2.45, 2.75) is 65.1 Å². The van der Waals surface area contributed by atoms with Gasteiger partial charge in [-0.05, 0) is 25.7 Å². The van der Waals surface area contributed by atoms with Gasteiger partial charge >= 0.3 is 0 Å². The van der Waals surface area contributed by atoms with Crippen LogP contribution < -0.4 is 5.32 Å². The van der Waals surface area contributed by atoms with Gasteiger partial charge in [0.1, 0.15) is 12.2 Å². The lowest BCUT2D eigenvalue weighted by Gasteiger charge is -2.25. The second kappa shape index (κ2) is 5.17.